The standard InChI is InChI=1S/C32H33ClFN5O3S/c1-22(31(41)38(26-16-14-24(34)15-17-26)20-30(40)35-25-8-4-2-5-9-25)43-32-37-36-29(39(32)27-10-6-3-7-11-27)21-42-28-18-12-23(33)13-19-28/h3,6-7,10-19,22,25H,2,4-5,8-9,20-21H2,1H3,(H,35,40). The maximum atomic E-state index is 13.9. The lowest BCUT2D eigenvalue weighted by Crippen LogP contribution is -2.46. The molecule has 1 saturated carbocycles. The van der Waals surface area contributed by atoms with Gasteiger partial charge in [-0.1, -0.05) is 60.8 Å². The van der Waals surface area contributed by atoms with Gasteiger partial charge in [0, 0.05) is 22.4 Å². The third-order valence-corrected chi connectivity index (χ3v) is 8.48. The number of nitrogens with one attached hydrogen (secondary N) is 1. The summed E-state index contributed by atoms with van der Waals surface area (Å²) >= 11 is 7.22. The summed E-state index contributed by atoms with van der Waals surface area (Å²) in [6.45, 7) is 1.73. The van der Waals surface area contributed by atoms with Gasteiger partial charge in [0.25, 0.3) is 0 Å². The average Bonchev–Trinajstić information content (AvgIpc) is 3.42. The average molecular weight is 622 g/mol. The Balaban J connectivity index is 1.36. The summed E-state index contributed by atoms with van der Waals surface area (Å²) < 4.78 is 21.5. The van der Waals surface area contributed by atoms with Crippen molar-refractivity contribution < 1.29 is 18.7 Å². The van der Waals surface area contributed by atoms with Gasteiger partial charge < -0.3 is 15.0 Å². The van der Waals surface area contributed by atoms with E-state index in [0.29, 0.717) is 27.4 Å². The third kappa shape index (κ3) is 8.14. The first kappa shape index (κ1) is 30.6. The number of para-hydroxylation sites is 1. The van der Waals surface area contributed by atoms with E-state index in [1.807, 2.05) is 34.9 Å². The molecule has 5 rings (SSSR count). The van der Waals surface area contributed by atoms with Gasteiger partial charge in [0.2, 0.25) is 11.8 Å². The number of hydrogen-bond donors (Lipinski definition) is 1. The number of halogens is 2. The minimum Gasteiger partial charge on any atom is -0.486 e. The SMILES string of the molecule is CC(Sc1nnc(COc2ccc(Cl)cc2)n1-c1ccccc1)C(=O)N(CC(=O)NC1CCCCC1)c1ccc(F)cc1. The Morgan fingerprint density at radius 1 is 1.02 bits per heavy atom. The van der Waals surface area contributed by atoms with Crippen molar-refractivity contribution in [2.75, 3.05) is 11.4 Å². The predicted octanol–water partition coefficient (Wildman–Crippen LogP) is 6.60. The zero-order valence-electron chi connectivity index (χ0n) is 23.8. The van der Waals surface area contributed by atoms with Crippen molar-refractivity contribution in [2.45, 2.75) is 62.1 Å². The highest BCUT2D eigenvalue weighted by Gasteiger charge is 2.28. The number of carbonyl (C=O) groups excluding carboxylic acids is 2. The summed E-state index contributed by atoms with van der Waals surface area (Å²) in [5.41, 5.74) is 1.26. The fourth-order valence-corrected chi connectivity index (χ4v) is 6.07. The number of thioether (sulfide) groups is 1. The number of nitrogens with zero attached hydrogens (tertiary/aromatic N) is 4. The predicted molar refractivity (Wildman–Crippen MR) is 166 cm³/mol. The van der Waals surface area contributed by atoms with Crippen LogP contribution in [0.3, 0.4) is 0 Å². The molecule has 1 heterocycles. The number of carbonyl (C=O) groups is 2. The van der Waals surface area contributed by atoms with E-state index in [2.05, 4.69) is 15.5 Å². The molecule has 1 aliphatic carbocycles. The molecule has 4 aromatic rings. The number of anilines is 1. The number of benzene rings is 3. The van der Waals surface area contributed by atoms with Gasteiger partial charge in [-0.25, -0.2) is 4.39 Å². The van der Waals surface area contributed by atoms with Crippen molar-refractivity contribution >= 4 is 40.9 Å². The smallest absolute Gasteiger partial charge is 0.240 e. The molecule has 0 spiro atoms. The van der Waals surface area contributed by atoms with Crippen molar-refractivity contribution in [3.8, 4) is 11.4 Å². The summed E-state index contributed by atoms with van der Waals surface area (Å²) in [7, 11) is 0. The minimum absolute atomic E-state index is 0.108. The first-order chi connectivity index (χ1) is 20.9. The minimum atomic E-state index is -0.649. The summed E-state index contributed by atoms with van der Waals surface area (Å²) in [6.07, 6.45) is 5.19. The molecule has 43 heavy (non-hydrogen) atoms. The second-order valence-corrected chi connectivity index (χ2v) is 12.1. The first-order valence-corrected chi connectivity index (χ1v) is 15.5. The van der Waals surface area contributed by atoms with Crippen molar-refractivity contribution in [2.24, 2.45) is 0 Å². The first-order valence-electron chi connectivity index (χ1n) is 14.3. The van der Waals surface area contributed by atoms with E-state index in [9.17, 15) is 14.0 Å². The molecule has 0 aliphatic heterocycles. The Hall–Kier alpha value is -3.89. The Morgan fingerprint density at radius 2 is 1.72 bits per heavy atom. The van der Waals surface area contributed by atoms with Crippen LogP contribution < -0.4 is 15.0 Å². The van der Waals surface area contributed by atoms with Crippen molar-refractivity contribution in [1.29, 1.82) is 0 Å². The number of hydrogen-bond acceptors (Lipinski definition) is 6. The number of rotatable bonds is 11. The summed E-state index contributed by atoms with van der Waals surface area (Å²) in [4.78, 5) is 28.4. The molecule has 1 aliphatic rings. The van der Waals surface area contributed by atoms with E-state index in [4.69, 9.17) is 16.3 Å². The van der Waals surface area contributed by atoms with E-state index in [0.717, 1.165) is 31.4 Å². The fourth-order valence-electron chi connectivity index (χ4n) is 4.99. The molecule has 1 aromatic heterocycles. The number of ether oxygens (including phenoxy) is 1. The van der Waals surface area contributed by atoms with Gasteiger partial charge in [0.1, 0.15) is 24.7 Å². The highest BCUT2D eigenvalue weighted by molar-refractivity contribution is 8.00. The molecule has 2 amide bonds. The van der Waals surface area contributed by atoms with E-state index in [-0.39, 0.29) is 31.0 Å². The highest BCUT2D eigenvalue weighted by Crippen LogP contribution is 2.29. The van der Waals surface area contributed by atoms with Crippen molar-refractivity contribution in [3.63, 3.8) is 0 Å². The van der Waals surface area contributed by atoms with E-state index < -0.39 is 11.1 Å². The quantitative estimate of drug-likeness (QED) is 0.190. The molecule has 0 bridgehead atoms. The third-order valence-electron chi connectivity index (χ3n) is 7.20. The van der Waals surface area contributed by atoms with Crippen LogP contribution in [-0.2, 0) is 16.2 Å². The Kier molecular flexibility index (Phi) is 10.3. The fraction of sp³-hybridized carbons (Fsp3) is 0.312. The van der Waals surface area contributed by atoms with Crippen LogP contribution in [0.15, 0.2) is 84.0 Å². The lowest BCUT2D eigenvalue weighted by atomic mass is 9.95. The molecule has 224 valence electrons. The molecule has 0 saturated heterocycles. The molecule has 1 N–H and O–H groups in total. The Bertz CT molecular complexity index is 1510. The van der Waals surface area contributed by atoms with Gasteiger partial charge in [-0.05, 0) is 80.4 Å². The normalized spacial score (nSPS) is 14.2. The Morgan fingerprint density at radius 3 is 2.42 bits per heavy atom. The molecular weight excluding hydrogens is 589 g/mol. The molecule has 1 unspecified atom stereocenters. The van der Waals surface area contributed by atoms with Crippen LogP contribution in [0.4, 0.5) is 10.1 Å². The van der Waals surface area contributed by atoms with E-state index in [1.54, 1.807) is 31.2 Å². The lowest BCUT2D eigenvalue weighted by Gasteiger charge is -2.27. The second kappa shape index (κ2) is 14.5. The summed E-state index contributed by atoms with van der Waals surface area (Å²) in [5, 5.41) is 12.3. The molecule has 1 fully saturated rings. The zero-order chi connectivity index (χ0) is 30.2. The van der Waals surface area contributed by atoms with Crippen LogP contribution in [0, 0.1) is 5.82 Å². The number of aromatic nitrogens is 3. The van der Waals surface area contributed by atoms with Crippen LogP contribution in [0.25, 0.3) is 5.69 Å². The van der Waals surface area contributed by atoms with Gasteiger partial charge >= 0.3 is 0 Å². The molecule has 1 atom stereocenters. The molecule has 0 radical (unpaired) electrons. The maximum absolute atomic E-state index is 13.9. The Labute approximate surface area is 259 Å². The van der Waals surface area contributed by atoms with Gasteiger partial charge in [-0.3, -0.25) is 14.2 Å². The van der Waals surface area contributed by atoms with Gasteiger partial charge in [-0.15, -0.1) is 10.2 Å². The maximum Gasteiger partial charge on any atom is 0.240 e. The lowest BCUT2D eigenvalue weighted by molar-refractivity contribution is -0.124. The van der Waals surface area contributed by atoms with Crippen molar-refractivity contribution in [1.82, 2.24) is 20.1 Å². The second-order valence-electron chi connectivity index (χ2n) is 10.4. The van der Waals surface area contributed by atoms with Gasteiger partial charge in [-0.2, -0.15) is 0 Å². The van der Waals surface area contributed by atoms with Crippen LogP contribution >= 0.6 is 23.4 Å². The topological polar surface area (TPSA) is 89.4 Å². The zero-order valence-corrected chi connectivity index (χ0v) is 25.4. The van der Waals surface area contributed by atoms with Crippen LogP contribution in [0.5, 0.6) is 5.75 Å². The van der Waals surface area contributed by atoms with E-state index >= 15 is 0 Å². The van der Waals surface area contributed by atoms with Crippen LogP contribution in [-0.4, -0.2) is 44.4 Å². The number of amides is 2. The van der Waals surface area contributed by atoms with Crippen LogP contribution in [0.2, 0.25) is 5.02 Å². The van der Waals surface area contributed by atoms with E-state index in [1.165, 1.54) is 47.3 Å². The summed E-state index contributed by atoms with van der Waals surface area (Å²) in [6, 6.07) is 22.3. The molecular formula is C32H33ClFN5O3S. The van der Waals surface area contributed by atoms with Gasteiger partial charge in [0.05, 0.1) is 5.25 Å². The highest BCUT2D eigenvalue weighted by atomic mass is 35.5. The summed E-state index contributed by atoms with van der Waals surface area (Å²) in [5.74, 6) is 0.208. The van der Waals surface area contributed by atoms with Gasteiger partial charge in [0.15, 0.2) is 11.0 Å². The molecule has 3 aromatic carbocycles. The van der Waals surface area contributed by atoms with Crippen molar-refractivity contribution in [3.05, 3.63) is 95.5 Å². The molecule has 8 nitrogen and oxygen atoms in total. The largest absolute Gasteiger partial charge is 0.486 e. The monoisotopic (exact) mass is 621 g/mol. The molecule has 11 heteroatoms. The van der Waals surface area contributed by atoms with Crippen LogP contribution in [0.1, 0.15) is 44.9 Å².